The largest absolute Gasteiger partial charge is 0.309 e. The number of rotatable bonds is 4. The van der Waals surface area contributed by atoms with E-state index >= 15 is 0 Å². The molecule has 98 valence electrons. The van der Waals surface area contributed by atoms with Crippen molar-refractivity contribution in [1.82, 2.24) is 15.8 Å². The molecule has 19 heavy (non-hydrogen) atoms. The van der Waals surface area contributed by atoms with Crippen molar-refractivity contribution in [3.8, 4) is 0 Å². The quantitative estimate of drug-likeness (QED) is 0.389. The summed E-state index contributed by atoms with van der Waals surface area (Å²) in [5.74, 6) is 1.05. The van der Waals surface area contributed by atoms with E-state index < -0.39 is 0 Å². The summed E-state index contributed by atoms with van der Waals surface area (Å²) in [7, 11) is 1.70. The van der Waals surface area contributed by atoms with E-state index in [4.69, 9.17) is 11.6 Å². The molecule has 0 atom stereocenters. The molecule has 5 nitrogen and oxygen atoms in total. The number of aldehydes is 1. The van der Waals surface area contributed by atoms with Gasteiger partial charge in [0.1, 0.15) is 12.1 Å². The minimum absolute atomic E-state index is 0.196. The van der Waals surface area contributed by atoms with Crippen molar-refractivity contribution in [2.75, 3.05) is 7.05 Å². The highest BCUT2D eigenvalue weighted by atomic mass is 35.5. The molecule has 1 aromatic heterocycles. The molecule has 0 bridgehead atoms. The Kier molecular flexibility index (Phi) is 4.43. The van der Waals surface area contributed by atoms with Gasteiger partial charge >= 0.3 is 0 Å². The Balaban J connectivity index is 2.36. The summed E-state index contributed by atoms with van der Waals surface area (Å²) in [5, 5.41) is 1.62. The number of amidine groups is 1. The van der Waals surface area contributed by atoms with Gasteiger partial charge in [-0.2, -0.15) is 0 Å². The van der Waals surface area contributed by atoms with Gasteiger partial charge in [0.15, 0.2) is 5.82 Å². The van der Waals surface area contributed by atoms with Crippen LogP contribution in [0.1, 0.15) is 6.42 Å². The summed E-state index contributed by atoms with van der Waals surface area (Å²) >= 11 is 5.91. The number of nitrogens with zero attached hydrogens (tertiary/aromatic N) is 2. The number of halogens is 1. The number of hydrogen-bond donors (Lipinski definition) is 2. The summed E-state index contributed by atoms with van der Waals surface area (Å²) in [4.78, 5) is 19.2. The summed E-state index contributed by atoms with van der Waals surface area (Å²) in [5.41, 5.74) is 6.34. The first-order valence-corrected chi connectivity index (χ1v) is 6.11. The average molecular weight is 277 g/mol. The molecule has 2 aromatic rings. The van der Waals surface area contributed by atoms with Crippen LogP contribution in [0.5, 0.6) is 0 Å². The smallest absolute Gasteiger partial charge is 0.154 e. The van der Waals surface area contributed by atoms with E-state index in [1.54, 1.807) is 19.2 Å². The molecule has 0 saturated carbocycles. The molecule has 0 spiro atoms. The maximum absolute atomic E-state index is 10.5. The first kappa shape index (κ1) is 13.5. The second kappa shape index (κ2) is 6.26. The maximum atomic E-state index is 10.5. The number of aliphatic imine (C=N–C) groups is 1. The lowest BCUT2D eigenvalue weighted by Gasteiger charge is -2.05. The number of aromatic nitrogens is 1. The fraction of sp³-hybridized carbons (Fsp3) is 0.154. The predicted molar refractivity (Wildman–Crippen MR) is 76.7 cm³/mol. The fourth-order valence-electron chi connectivity index (χ4n) is 1.63. The molecule has 0 aliphatic heterocycles. The number of benzene rings is 1. The molecule has 0 fully saturated rings. The van der Waals surface area contributed by atoms with Crippen LogP contribution >= 0.6 is 11.6 Å². The number of fused-ring (bicyclic) bond motifs is 1. The summed E-state index contributed by atoms with van der Waals surface area (Å²) in [6.07, 6.45) is 0.977. The van der Waals surface area contributed by atoms with E-state index in [0.29, 0.717) is 16.7 Å². The van der Waals surface area contributed by atoms with Crippen molar-refractivity contribution in [3.05, 3.63) is 35.4 Å². The van der Waals surface area contributed by atoms with E-state index in [2.05, 4.69) is 20.8 Å². The van der Waals surface area contributed by atoms with Crippen LogP contribution in [0, 0.1) is 0 Å². The van der Waals surface area contributed by atoms with Gasteiger partial charge in [-0.25, -0.2) is 15.4 Å². The predicted octanol–water partition coefficient (Wildman–Crippen LogP) is 2.23. The monoisotopic (exact) mass is 276 g/mol. The van der Waals surface area contributed by atoms with Crippen molar-refractivity contribution in [3.63, 3.8) is 0 Å². The minimum Gasteiger partial charge on any atom is -0.309 e. The Morgan fingerprint density at radius 1 is 1.42 bits per heavy atom. The van der Waals surface area contributed by atoms with Gasteiger partial charge in [-0.3, -0.25) is 0 Å². The van der Waals surface area contributed by atoms with Crippen LogP contribution in [-0.4, -0.2) is 24.2 Å². The first-order chi connectivity index (χ1) is 9.22. The van der Waals surface area contributed by atoms with Gasteiger partial charge in [0, 0.05) is 17.5 Å². The van der Waals surface area contributed by atoms with Crippen molar-refractivity contribution < 1.29 is 4.79 Å². The van der Waals surface area contributed by atoms with Gasteiger partial charge in [0.2, 0.25) is 0 Å². The lowest BCUT2D eigenvalue weighted by molar-refractivity contribution is -0.106. The SMILES string of the molecule is CNNC(CC=O)=Nc1ccc2cc(Cl)ccc2n1. The molecule has 2 rings (SSSR count). The van der Waals surface area contributed by atoms with E-state index in [1.807, 2.05) is 18.2 Å². The van der Waals surface area contributed by atoms with Crippen LogP contribution in [0.2, 0.25) is 5.02 Å². The number of hydrogen-bond acceptors (Lipinski definition) is 4. The molecular weight excluding hydrogens is 264 g/mol. The van der Waals surface area contributed by atoms with Crippen molar-refractivity contribution in [2.24, 2.45) is 4.99 Å². The summed E-state index contributed by atoms with van der Waals surface area (Å²) in [6.45, 7) is 0. The molecular formula is C13H13ClN4O. The zero-order valence-electron chi connectivity index (χ0n) is 10.4. The third-order valence-corrected chi connectivity index (χ3v) is 2.67. The van der Waals surface area contributed by atoms with E-state index in [1.165, 1.54) is 0 Å². The van der Waals surface area contributed by atoms with Crippen LogP contribution in [0.4, 0.5) is 5.82 Å². The highest BCUT2D eigenvalue weighted by Crippen LogP contribution is 2.20. The first-order valence-electron chi connectivity index (χ1n) is 5.73. The Bertz CT molecular complexity index is 627. The molecule has 0 aliphatic rings. The lowest BCUT2D eigenvalue weighted by Crippen LogP contribution is -2.34. The molecule has 1 aromatic carbocycles. The van der Waals surface area contributed by atoms with Crippen LogP contribution in [-0.2, 0) is 4.79 Å². The number of nitrogens with one attached hydrogen (secondary N) is 2. The van der Waals surface area contributed by atoms with Crippen LogP contribution < -0.4 is 10.9 Å². The minimum atomic E-state index is 0.196. The maximum Gasteiger partial charge on any atom is 0.154 e. The number of pyridine rings is 1. The second-order valence-corrected chi connectivity index (χ2v) is 4.25. The van der Waals surface area contributed by atoms with Crippen LogP contribution in [0.25, 0.3) is 10.9 Å². The van der Waals surface area contributed by atoms with Crippen LogP contribution in [0.3, 0.4) is 0 Å². The fourth-order valence-corrected chi connectivity index (χ4v) is 1.81. The highest BCUT2D eigenvalue weighted by molar-refractivity contribution is 6.31. The average Bonchev–Trinajstić information content (AvgIpc) is 2.39. The van der Waals surface area contributed by atoms with Gasteiger partial charge in [-0.05, 0) is 30.3 Å². The molecule has 0 unspecified atom stereocenters. The molecule has 0 amide bonds. The topological polar surface area (TPSA) is 66.4 Å². The Morgan fingerprint density at radius 2 is 2.26 bits per heavy atom. The van der Waals surface area contributed by atoms with Crippen molar-refractivity contribution in [2.45, 2.75) is 6.42 Å². The molecule has 2 N–H and O–H groups in total. The number of hydrazine groups is 1. The van der Waals surface area contributed by atoms with Gasteiger partial charge in [0.05, 0.1) is 11.9 Å². The Hall–Kier alpha value is -1.98. The third-order valence-electron chi connectivity index (χ3n) is 2.43. The van der Waals surface area contributed by atoms with Gasteiger partial charge in [-0.1, -0.05) is 11.6 Å². The highest BCUT2D eigenvalue weighted by Gasteiger charge is 2.01. The van der Waals surface area contributed by atoms with Gasteiger partial charge < -0.3 is 10.2 Å². The summed E-state index contributed by atoms with van der Waals surface area (Å²) in [6, 6.07) is 9.13. The zero-order valence-corrected chi connectivity index (χ0v) is 11.1. The van der Waals surface area contributed by atoms with E-state index in [0.717, 1.165) is 17.2 Å². The van der Waals surface area contributed by atoms with Gasteiger partial charge in [-0.15, -0.1) is 0 Å². The molecule has 0 aliphatic carbocycles. The standard InChI is InChI=1S/C13H13ClN4O/c1-15-18-13(6-7-19)17-12-5-2-9-8-10(14)3-4-11(9)16-12/h2-5,7-8,15H,6H2,1H3,(H,16,17,18). The molecule has 0 radical (unpaired) electrons. The van der Waals surface area contributed by atoms with E-state index in [-0.39, 0.29) is 6.42 Å². The number of carbonyl (C=O) groups excluding carboxylic acids is 1. The van der Waals surface area contributed by atoms with E-state index in [9.17, 15) is 4.79 Å². The van der Waals surface area contributed by atoms with Crippen LogP contribution in [0.15, 0.2) is 35.3 Å². The number of carbonyl (C=O) groups is 1. The Labute approximate surface area is 115 Å². The summed E-state index contributed by atoms with van der Waals surface area (Å²) < 4.78 is 0. The zero-order chi connectivity index (χ0) is 13.7. The lowest BCUT2D eigenvalue weighted by atomic mass is 10.2. The molecule has 1 heterocycles. The molecule has 0 saturated heterocycles. The van der Waals surface area contributed by atoms with Crippen molar-refractivity contribution >= 4 is 40.4 Å². The third kappa shape index (κ3) is 3.49. The van der Waals surface area contributed by atoms with Crippen molar-refractivity contribution in [1.29, 1.82) is 0 Å². The van der Waals surface area contributed by atoms with Gasteiger partial charge in [0.25, 0.3) is 0 Å². The Morgan fingerprint density at radius 3 is 3.00 bits per heavy atom. The second-order valence-electron chi connectivity index (χ2n) is 3.81. The molecule has 6 heteroatoms. The normalized spacial score (nSPS) is 11.6.